The standard InChI is InChI=1S/C17H30N2O/c1-4-17(2,3)15-7-6-14(13-18)16(12-15)19-8-5-10-20-11-9-19/h14-16H,4-12H2,1-3H3. The van der Waals surface area contributed by atoms with Gasteiger partial charge < -0.3 is 4.74 Å². The highest BCUT2D eigenvalue weighted by Crippen LogP contribution is 2.43. The molecule has 114 valence electrons. The third-order valence-electron chi connectivity index (χ3n) is 5.72. The van der Waals surface area contributed by atoms with Gasteiger partial charge in [-0.2, -0.15) is 5.26 Å². The van der Waals surface area contributed by atoms with E-state index in [0.29, 0.717) is 11.5 Å². The second-order valence-electron chi connectivity index (χ2n) is 7.16. The van der Waals surface area contributed by atoms with Crippen molar-refractivity contribution in [2.45, 2.75) is 58.9 Å². The molecule has 2 rings (SSSR count). The summed E-state index contributed by atoms with van der Waals surface area (Å²) in [7, 11) is 0. The van der Waals surface area contributed by atoms with Crippen LogP contribution in [0, 0.1) is 28.6 Å². The molecule has 1 saturated heterocycles. The molecule has 3 heteroatoms. The number of nitriles is 1. The largest absolute Gasteiger partial charge is 0.380 e. The lowest BCUT2D eigenvalue weighted by Gasteiger charge is -2.45. The summed E-state index contributed by atoms with van der Waals surface area (Å²) in [6.07, 6.45) is 5.83. The van der Waals surface area contributed by atoms with E-state index in [0.717, 1.165) is 45.1 Å². The van der Waals surface area contributed by atoms with Crippen LogP contribution in [0.25, 0.3) is 0 Å². The minimum atomic E-state index is 0.219. The average Bonchev–Trinajstić information content (AvgIpc) is 2.75. The van der Waals surface area contributed by atoms with E-state index < -0.39 is 0 Å². The number of nitrogens with zero attached hydrogens (tertiary/aromatic N) is 2. The monoisotopic (exact) mass is 278 g/mol. The summed E-state index contributed by atoms with van der Waals surface area (Å²) in [6, 6.07) is 3.03. The molecule has 1 heterocycles. The van der Waals surface area contributed by atoms with Crippen molar-refractivity contribution in [2.75, 3.05) is 26.3 Å². The van der Waals surface area contributed by atoms with Crippen molar-refractivity contribution >= 4 is 0 Å². The van der Waals surface area contributed by atoms with Gasteiger partial charge in [0.15, 0.2) is 0 Å². The van der Waals surface area contributed by atoms with Crippen molar-refractivity contribution < 1.29 is 4.74 Å². The highest BCUT2D eigenvalue weighted by atomic mass is 16.5. The van der Waals surface area contributed by atoms with Crippen LogP contribution in [0.2, 0.25) is 0 Å². The van der Waals surface area contributed by atoms with Crippen LogP contribution in [-0.2, 0) is 4.74 Å². The van der Waals surface area contributed by atoms with Crippen LogP contribution in [0.1, 0.15) is 52.9 Å². The molecule has 0 N–H and O–H groups in total. The molecule has 0 amide bonds. The number of rotatable bonds is 3. The van der Waals surface area contributed by atoms with Gasteiger partial charge >= 0.3 is 0 Å². The lowest BCUT2D eigenvalue weighted by Crippen LogP contribution is -2.47. The normalized spacial score (nSPS) is 33.4. The predicted octanol–water partition coefficient (Wildman–Crippen LogP) is 3.45. The maximum atomic E-state index is 9.50. The average molecular weight is 278 g/mol. The number of hydrogen-bond donors (Lipinski definition) is 0. The van der Waals surface area contributed by atoms with Crippen LogP contribution < -0.4 is 0 Å². The second-order valence-corrected chi connectivity index (χ2v) is 7.16. The molecule has 0 radical (unpaired) electrons. The summed E-state index contributed by atoms with van der Waals surface area (Å²) in [5, 5.41) is 9.50. The van der Waals surface area contributed by atoms with E-state index in [4.69, 9.17) is 4.74 Å². The molecule has 1 aliphatic heterocycles. The molecule has 0 aromatic rings. The molecule has 2 fully saturated rings. The number of ether oxygens (including phenoxy) is 1. The Labute approximate surface area is 124 Å². The minimum Gasteiger partial charge on any atom is -0.380 e. The van der Waals surface area contributed by atoms with Gasteiger partial charge in [-0.1, -0.05) is 27.2 Å². The zero-order chi connectivity index (χ0) is 14.6. The van der Waals surface area contributed by atoms with Crippen molar-refractivity contribution in [3.05, 3.63) is 0 Å². The van der Waals surface area contributed by atoms with Gasteiger partial charge in [0.05, 0.1) is 18.6 Å². The Balaban J connectivity index is 2.08. The van der Waals surface area contributed by atoms with Crippen LogP contribution in [0.4, 0.5) is 0 Å². The Hall–Kier alpha value is -0.590. The van der Waals surface area contributed by atoms with E-state index in [-0.39, 0.29) is 5.92 Å². The summed E-state index contributed by atoms with van der Waals surface area (Å²) < 4.78 is 5.58. The van der Waals surface area contributed by atoms with Gasteiger partial charge in [-0.25, -0.2) is 0 Å². The molecule has 3 nitrogen and oxygen atoms in total. The first-order chi connectivity index (χ1) is 9.58. The maximum Gasteiger partial charge on any atom is 0.0672 e. The fraction of sp³-hybridized carbons (Fsp3) is 0.941. The molecular weight excluding hydrogens is 248 g/mol. The summed E-state index contributed by atoms with van der Waals surface area (Å²) in [4.78, 5) is 2.54. The van der Waals surface area contributed by atoms with Gasteiger partial charge in [0, 0.05) is 25.7 Å². The van der Waals surface area contributed by atoms with Crippen molar-refractivity contribution in [2.24, 2.45) is 17.3 Å². The maximum absolute atomic E-state index is 9.50. The molecular formula is C17H30N2O. The lowest BCUT2D eigenvalue weighted by atomic mass is 9.66. The summed E-state index contributed by atoms with van der Waals surface area (Å²) >= 11 is 0. The van der Waals surface area contributed by atoms with Gasteiger partial charge in [0.25, 0.3) is 0 Å². The van der Waals surface area contributed by atoms with E-state index in [1.165, 1.54) is 19.3 Å². The zero-order valence-corrected chi connectivity index (χ0v) is 13.4. The van der Waals surface area contributed by atoms with E-state index in [1.54, 1.807) is 0 Å². The molecule has 0 aromatic heterocycles. The van der Waals surface area contributed by atoms with Gasteiger partial charge in [0.1, 0.15) is 0 Å². The SMILES string of the molecule is CCC(C)(C)C1CCC(C#N)C(N2CCCOCC2)C1. The zero-order valence-electron chi connectivity index (χ0n) is 13.4. The van der Waals surface area contributed by atoms with Crippen LogP contribution in [0.3, 0.4) is 0 Å². The molecule has 0 bridgehead atoms. The number of hydrogen-bond acceptors (Lipinski definition) is 3. The second kappa shape index (κ2) is 6.91. The Bertz CT molecular complexity index is 339. The van der Waals surface area contributed by atoms with Crippen molar-refractivity contribution in [1.82, 2.24) is 4.90 Å². The van der Waals surface area contributed by atoms with Gasteiger partial charge in [-0.15, -0.1) is 0 Å². The van der Waals surface area contributed by atoms with Crippen LogP contribution in [0.15, 0.2) is 0 Å². The first-order valence-corrected chi connectivity index (χ1v) is 8.30. The Kier molecular flexibility index (Phi) is 5.46. The molecule has 20 heavy (non-hydrogen) atoms. The Morgan fingerprint density at radius 3 is 2.75 bits per heavy atom. The Morgan fingerprint density at radius 1 is 1.25 bits per heavy atom. The first-order valence-electron chi connectivity index (χ1n) is 8.30. The minimum absolute atomic E-state index is 0.219. The van der Waals surface area contributed by atoms with E-state index in [9.17, 15) is 5.26 Å². The lowest BCUT2D eigenvalue weighted by molar-refractivity contribution is 0.0489. The highest BCUT2D eigenvalue weighted by Gasteiger charge is 2.39. The van der Waals surface area contributed by atoms with Gasteiger partial charge in [0.2, 0.25) is 0 Å². The molecule has 0 spiro atoms. The summed E-state index contributed by atoms with van der Waals surface area (Å²) in [6.45, 7) is 10.9. The van der Waals surface area contributed by atoms with Crippen molar-refractivity contribution in [1.29, 1.82) is 5.26 Å². The molecule has 2 aliphatic rings. The van der Waals surface area contributed by atoms with E-state index in [1.807, 2.05) is 0 Å². The summed E-state index contributed by atoms with van der Waals surface area (Å²) in [5.41, 5.74) is 0.404. The van der Waals surface area contributed by atoms with Gasteiger partial charge in [-0.3, -0.25) is 4.90 Å². The molecule has 1 aliphatic carbocycles. The summed E-state index contributed by atoms with van der Waals surface area (Å²) in [5.74, 6) is 0.975. The van der Waals surface area contributed by atoms with Gasteiger partial charge in [-0.05, 0) is 37.0 Å². The van der Waals surface area contributed by atoms with Crippen LogP contribution in [0.5, 0.6) is 0 Å². The van der Waals surface area contributed by atoms with Crippen LogP contribution in [-0.4, -0.2) is 37.2 Å². The van der Waals surface area contributed by atoms with Crippen molar-refractivity contribution in [3.8, 4) is 6.07 Å². The van der Waals surface area contributed by atoms with Crippen LogP contribution >= 0.6 is 0 Å². The third kappa shape index (κ3) is 3.54. The molecule has 3 unspecified atom stereocenters. The topological polar surface area (TPSA) is 36.3 Å². The smallest absolute Gasteiger partial charge is 0.0672 e. The van der Waals surface area contributed by atoms with E-state index >= 15 is 0 Å². The molecule has 0 aromatic carbocycles. The third-order valence-corrected chi connectivity index (χ3v) is 5.72. The fourth-order valence-corrected chi connectivity index (χ4v) is 3.80. The van der Waals surface area contributed by atoms with E-state index in [2.05, 4.69) is 31.7 Å². The fourth-order valence-electron chi connectivity index (χ4n) is 3.80. The van der Waals surface area contributed by atoms with Crippen molar-refractivity contribution in [3.63, 3.8) is 0 Å². The first kappa shape index (κ1) is 15.8. The predicted molar refractivity (Wildman–Crippen MR) is 81.3 cm³/mol. The quantitative estimate of drug-likeness (QED) is 0.793. The molecule has 1 saturated carbocycles. The highest BCUT2D eigenvalue weighted by molar-refractivity contribution is 5.00. The Morgan fingerprint density at radius 2 is 2.05 bits per heavy atom. The molecule has 3 atom stereocenters.